The van der Waals surface area contributed by atoms with Crippen LogP contribution in [0.2, 0.25) is 0 Å². The first-order valence-electron chi connectivity index (χ1n) is 2.69. The average Bonchev–Trinajstić information content (AvgIpc) is 2.17. The summed E-state index contributed by atoms with van der Waals surface area (Å²) in [5.74, 6) is 0. The topological polar surface area (TPSA) is 60.0 Å². The summed E-state index contributed by atoms with van der Waals surface area (Å²) in [5.41, 5.74) is 6.17. The average molecular weight is 127 g/mol. The van der Waals surface area contributed by atoms with Crippen LogP contribution >= 0.6 is 0 Å². The number of ether oxygens (including phenoxy) is 1. The Morgan fingerprint density at radius 1 is 1.89 bits per heavy atom. The Morgan fingerprint density at radius 2 is 2.67 bits per heavy atom. The van der Waals surface area contributed by atoms with Crippen LogP contribution in [-0.4, -0.2) is 19.9 Å². The van der Waals surface area contributed by atoms with Gasteiger partial charge in [0.15, 0.2) is 0 Å². The molecule has 4 heteroatoms. The predicted octanol–water partition coefficient (Wildman–Crippen LogP) is 0.267. The molecule has 0 saturated carbocycles. The lowest BCUT2D eigenvalue weighted by Crippen LogP contribution is -2.10. The van der Waals surface area contributed by atoms with Gasteiger partial charge in [-0.3, -0.25) is 0 Å². The molecule has 50 valence electrons. The van der Waals surface area contributed by atoms with E-state index in [1.165, 1.54) is 0 Å². The van der Waals surface area contributed by atoms with Gasteiger partial charge in [0.2, 0.25) is 0 Å². The van der Waals surface area contributed by atoms with Crippen molar-refractivity contribution in [2.75, 3.05) is 13.7 Å². The Hall–Kier alpha value is -0.740. The van der Waals surface area contributed by atoms with Crippen molar-refractivity contribution >= 4 is 0 Å². The maximum absolute atomic E-state index is 5.36. The molecule has 0 aromatic rings. The second-order valence-electron chi connectivity index (χ2n) is 1.80. The molecular weight excluding hydrogens is 118 g/mol. The summed E-state index contributed by atoms with van der Waals surface area (Å²) in [5, 5.41) is 7.41. The molecule has 0 fully saturated rings. The summed E-state index contributed by atoms with van der Waals surface area (Å²) >= 11 is 0. The summed E-state index contributed by atoms with van der Waals surface area (Å²) in [6.45, 7) is 0.497. The van der Waals surface area contributed by atoms with Crippen LogP contribution in [0.5, 0.6) is 0 Å². The molecule has 0 aromatic carbocycles. The van der Waals surface area contributed by atoms with Crippen LogP contribution in [0.25, 0.3) is 0 Å². The lowest BCUT2D eigenvalue weighted by atomic mass is 10.4. The first-order chi connectivity index (χ1) is 4.33. The van der Waals surface area contributed by atoms with Crippen LogP contribution in [-0.2, 0) is 4.74 Å². The van der Waals surface area contributed by atoms with Gasteiger partial charge in [-0.05, 0) is 6.08 Å². The van der Waals surface area contributed by atoms with Crippen molar-refractivity contribution in [2.45, 2.75) is 6.17 Å². The molecule has 0 unspecified atom stereocenters. The highest BCUT2D eigenvalue weighted by Crippen LogP contribution is 2.07. The van der Waals surface area contributed by atoms with Crippen LogP contribution in [0.4, 0.5) is 0 Å². The van der Waals surface area contributed by atoms with E-state index >= 15 is 0 Å². The molecule has 0 aromatic heterocycles. The van der Waals surface area contributed by atoms with E-state index in [1.54, 1.807) is 13.2 Å². The highest BCUT2D eigenvalue weighted by molar-refractivity contribution is 5.07. The van der Waals surface area contributed by atoms with Crippen molar-refractivity contribution < 1.29 is 4.74 Å². The minimum Gasteiger partial charge on any atom is -0.378 e. The summed E-state index contributed by atoms with van der Waals surface area (Å²) in [6, 6.07) is 0. The monoisotopic (exact) mass is 127 g/mol. The zero-order valence-corrected chi connectivity index (χ0v) is 5.24. The van der Waals surface area contributed by atoms with Gasteiger partial charge in [-0.25, -0.2) is 0 Å². The molecule has 1 aliphatic rings. The van der Waals surface area contributed by atoms with Crippen molar-refractivity contribution in [3.8, 4) is 0 Å². The second kappa shape index (κ2) is 2.70. The lowest BCUT2D eigenvalue weighted by molar-refractivity contribution is 0.225. The quantitative estimate of drug-likeness (QED) is 0.578. The van der Waals surface area contributed by atoms with Gasteiger partial charge in [0, 0.05) is 7.11 Å². The fourth-order valence-electron chi connectivity index (χ4n) is 0.629. The second-order valence-corrected chi connectivity index (χ2v) is 1.80. The minimum absolute atomic E-state index is 0.254. The van der Waals surface area contributed by atoms with Crippen molar-refractivity contribution in [1.82, 2.24) is 0 Å². The van der Waals surface area contributed by atoms with Crippen LogP contribution in [0, 0.1) is 0 Å². The van der Waals surface area contributed by atoms with Crippen molar-refractivity contribution in [2.24, 2.45) is 16.0 Å². The lowest BCUT2D eigenvalue weighted by Gasteiger charge is -1.90. The highest BCUT2D eigenvalue weighted by Gasteiger charge is 2.05. The minimum atomic E-state index is -0.254. The molecule has 1 aliphatic heterocycles. The van der Waals surface area contributed by atoms with Gasteiger partial charge in [0.25, 0.3) is 0 Å². The van der Waals surface area contributed by atoms with Crippen LogP contribution in [0.1, 0.15) is 0 Å². The van der Waals surface area contributed by atoms with E-state index in [4.69, 9.17) is 10.5 Å². The molecule has 0 aliphatic carbocycles. The van der Waals surface area contributed by atoms with E-state index in [1.807, 2.05) is 0 Å². The van der Waals surface area contributed by atoms with Gasteiger partial charge in [0.1, 0.15) is 6.17 Å². The summed E-state index contributed by atoms with van der Waals surface area (Å²) < 4.78 is 4.80. The fourth-order valence-corrected chi connectivity index (χ4v) is 0.629. The van der Waals surface area contributed by atoms with Gasteiger partial charge in [-0.15, -0.1) is 0 Å². The third kappa shape index (κ3) is 1.58. The Balaban J connectivity index is 2.44. The van der Waals surface area contributed by atoms with Crippen molar-refractivity contribution in [3.05, 3.63) is 11.8 Å². The Labute approximate surface area is 53.4 Å². The number of rotatable bonds is 2. The van der Waals surface area contributed by atoms with E-state index in [9.17, 15) is 0 Å². The molecule has 0 amide bonds. The first-order valence-corrected chi connectivity index (χ1v) is 2.69. The van der Waals surface area contributed by atoms with Crippen LogP contribution in [0.15, 0.2) is 22.0 Å². The van der Waals surface area contributed by atoms with Crippen LogP contribution < -0.4 is 5.73 Å². The van der Waals surface area contributed by atoms with Gasteiger partial charge in [-0.2, -0.15) is 10.2 Å². The molecule has 4 nitrogen and oxygen atoms in total. The van der Waals surface area contributed by atoms with E-state index in [-0.39, 0.29) is 6.17 Å². The third-order valence-electron chi connectivity index (χ3n) is 0.975. The van der Waals surface area contributed by atoms with Crippen molar-refractivity contribution in [1.29, 1.82) is 0 Å². The molecule has 2 N–H and O–H groups in total. The summed E-state index contributed by atoms with van der Waals surface area (Å²) in [6.07, 6.45) is 1.51. The number of methoxy groups -OCH3 is 1. The van der Waals surface area contributed by atoms with Gasteiger partial charge >= 0.3 is 0 Å². The first kappa shape index (κ1) is 6.38. The maximum atomic E-state index is 5.36. The Morgan fingerprint density at radius 3 is 3.11 bits per heavy atom. The van der Waals surface area contributed by atoms with E-state index in [0.29, 0.717) is 6.61 Å². The zero-order chi connectivity index (χ0) is 6.69. The number of nitrogens with zero attached hydrogens (tertiary/aromatic N) is 2. The van der Waals surface area contributed by atoms with E-state index < -0.39 is 0 Å². The molecular formula is C5H9N3O. The number of nitrogens with two attached hydrogens (primary N) is 1. The third-order valence-corrected chi connectivity index (χ3v) is 0.975. The summed E-state index contributed by atoms with van der Waals surface area (Å²) in [4.78, 5) is 0. The predicted molar refractivity (Wildman–Crippen MR) is 32.8 cm³/mol. The number of azo groups is 1. The smallest absolute Gasteiger partial charge is 0.139 e. The number of hydrogen-bond donors (Lipinski definition) is 1. The fraction of sp³-hybridized carbons (Fsp3) is 0.600. The number of hydrogen-bond acceptors (Lipinski definition) is 4. The van der Waals surface area contributed by atoms with Gasteiger partial charge < -0.3 is 10.5 Å². The normalized spacial score (nSPS) is 24.7. The largest absolute Gasteiger partial charge is 0.378 e. The molecule has 9 heavy (non-hydrogen) atoms. The van der Waals surface area contributed by atoms with Gasteiger partial charge in [0.05, 0.1) is 12.3 Å². The SMILES string of the molecule is COCC1=C[C@H](N)N=N1. The molecule has 0 radical (unpaired) electrons. The Kier molecular flexibility index (Phi) is 1.92. The molecule has 0 bridgehead atoms. The summed E-state index contributed by atoms with van der Waals surface area (Å²) in [7, 11) is 1.61. The molecule has 1 atom stereocenters. The van der Waals surface area contributed by atoms with E-state index in [2.05, 4.69) is 10.2 Å². The molecule has 0 saturated heterocycles. The highest BCUT2D eigenvalue weighted by atomic mass is 16.5. The Bertz CT molecular complexity index is 152. The standard InChI is InChI=1S/C5H9N3O/c1-9-3-4-2-5(6)8-7-4/h2,5H,3,6H2,1H3/t5-/m1/s1. The van der Waals surface area contributed by atoms with E-state index in [0.717, 1.165) is 5.70 Å². The van der Waals surface area contributed by atoms with Crippen LogP contribution in [0.3, 0.4) is 0 Å². The van der Waals surface area contributed by atoms with Gasteiger partial charge in [-0.1, -0.05) is 0 Å². The zero-order valence-electron chi connectivity index (χ0n) is 5.24. The molecule has 1 rings (SSSR count). The van der Waals surface area contributed by atoms with Crippen molar-refractivity contribution in [3.63, 3.8) is 0 Å². The molecule has 0 spiro atoms. The molecule has 1 heterocycles. The maximum Gasteiger partial charge on any atom is 0.139 e.